The first-order valence-corrected chi connectivity index (χ1v) is 8.99. The van der Waals surface area contributed by atoms with Crippen LogP contribution in [0.2, 0.25) is 5.02 Å². The second-order valence-corrected chi connectivity index (χ2v) is 6.85. The van der Waals surface area contributed by atoms with E-state index in [2.05, 4.69) is 20.6 Å². The summed E-state index contributed by atoms with van der Waals surface area (Å²) < 4.78 is 0. The minimum atomic E-state index is -0.382. The van der Waals surface area contributed by atoms with Gasteiger partial charge in [0, 0.05) is 17.3 Å². The van der Waals surface area contributed by atoms with Gasteiger partial charge < -0.3 is 10.6 Å². The van der Waals surface area contributed by atoms with Crippen LogP contribution in [0.25, 0.3) is 0 Å². The van der Waals surface area contributed by atoms with Crippen LogP contribution in [0, 0.1) is 13.8 Å². The number of nitrogens with zero attached hydrogens (tertiary/aromatic N) is 2. The first-order valence-electron chi connectivity index (χ1n) is 8.61. The lowest BCUT2D eigenvalue weighted by Crippen LogP contribution is -2.14. The number of aromatic nitrogens is 2. The van der Waals surface area contributed by atoms with Gasteiger partial charge in [0.2, 0.25) is 0 Å². The van der Waals surface area contributed by atoms with Crippen molar-refractivity contribution in [1.29, 1.82) is 0 Å². The zero-order chi connectivity index (χ0) is 20.3. The van der Waals surface area contributed by atoms with Crippen LogP contribution in [0.5, 0.6) is 0 Å². The molecule has 0 aliphatic heterocycles. The fourth-order valence-corrected chi connectivity index (χ4v) is 3.10. The second kappa shape index (κ2) is 8.19. The maximum atomic E-state index is 12.5. The number of amides is 1. The Morgan fingerprint density at radius 2 is 1.71 bits per heavy atom. The molecule has 0 unspecified atom stereocenters. The number of halogens is 1. The van der Waals surface area contributed by atoms with Crippen molar-refractivity contribution in [2.75, 3.05) is 10.6 Å². The van der Waals surface area contributed by atoms with Gasteiger partial charge in [-0.15, -0.1) is 0 Å². The lowest BCUT2D eigenvalue weighted by atomic mass is 10.1. The maximum Gasteiger partial charge on any atom is 0.274 e. The summed E-state index contributed by atoms with van der Waals surface area (Å²) in [6.07, 6.45) is 1.31. The number of aryl methyl sites for hydroxylation is 2. The Bertz CT molecular complexity index is 1030. The normalized spacial score (nSPS) is 10.4. The van der Waals surface area contributed by atoms with Gasteiger partial charge in [-0.25, -0.2) is 9.97 Å². The van der Waals surface area contributed by atoms with Gasteiger partial charge in [0.15, 0.2) is 5.78 Å². The molecule has 0 fully saturated rings. The zero-order valence-electron chi connectivity index (χ0n) is 15.7. The van der Waals surface area contributed by atoms with E-state index in [1.165, 1.54) is 13.3 Å². The van der Waals surface area contributed by atoms with Crippen molar-refractivity contribution in [3.8, 4) is 0 Å². The largest absolute Gasteiger partial charge is 0.339 e. The van der Waals surface area contributed by atoms with Crippen molar-refractivity contribution in [1.82, 2.24) is 9.97 Å². The molecule has 1 aromatic heterocycles. The van der Waals surface area contributed by atoms with E-state index in [0.717, 1.165) is 16.8 Å². The molecule has 0 saturated heterocycles. The lowest BCUT2D eigenvalue weighted by molar-refractivity contribution is 0.101. The number of Topliss-reactive ketones (excluding diaryl/α,β-unsaturated/α-hetero) is 1. The van der Waals surface area contributed by atoms with Crippen LogP contribution in [0.1, 0.15) is 38.9 Å². The van der Waals surface area contributed by atoms with E-state index in [9.17, 15) is 9.59 Å². The summed E-state index contributed by atoms with van der Waals surface area (Å²) in [6, 6.07) is 12.1. The highest BCUT2D eigenvalue weighted by atomic mass is 35.5. The smallest absolute Gasteiger partial charge is 0.274 e. The van der Waals surface area contributed by atoms with E-state index in [4.69, 9.17) is 11.6 Å². The molecule has 2 N–H and O–H groups in total. The molecule has 7 heteroatoms. The third-order valence-corrected chi connectivity index (χ3v) is 4.43. The quantitative estimate of drug-likeness (QED) is 0.598. The predicted molar refractivity (Wildman–Crippen MR) is 111 cm³/mol. The third kappa shape index (κ3) is 4.53. The van der Waals surface area contributed by atoms with Crippen molar-refractivity contribution in [3.05, 3.63) is 76.2 Å². The summed E-state index contributed by atoms with van der Waals surface area (Å²) in [7, 11) is 0. The molecule has 1 amide bonds. The Morgan fingerprint density at radius 1 is 1.00 bits per heavy atom. The fraction of sp³-hybridized carbons (Fsp3) is 0.143. The van der Waals surface area contributed by atoms with E-state index >= 15 is 0 Å². The lowest BCUT2D eigenvalue weighted by Gasteiger charge is -2.12. The van der Waals surface area contributed by atoms with Crippen LogP contribution in [-0.4, -0.2) is 21.7 Å². The molecule has 0 aliphatic carbocycles. The summed E-state index contributed by atoms with van der Waals surface area (Å²) in [5.74, 6) is 0.0446. The number of ketones is 1. The molecular formula is C21H19ClN4O2. The third-order valence-electron chi connectivity index (χ3n) is 4.13. The Morgan fingerprint density at radius 3 is 2.36 bits per heavy atom. The molecule has 0 bridgehead atoms. The van der Waals surface area contributed by atoms with E-state index in [0.29, 0.717) is 22.1 Å². The van der Waals surface area contributed by atoms with Crippen molar-refractivity contribution >= 4 is 40.5 Å². The van der Waals surface area contributed by atoms with E-state index < -0.39 is 0 Å². The molecule has 28 heavy (non-hydrogen) atoms. The standard InChI is InChI=1S/C21H19ClN4O2/c1-12-8-13(2)20(17(22)9-12)26-19-10-18(23-11-24-19)21(28)25-16-6-4-15(5-7-16)14(3)27/h4-11H,1-3H3,(H,25,28)(H,23,24,26). The summed E-state index contributed by atoms with van der Waals surface area (Å²) in [5, 5.41) is 6.47. The van der Waals surface area contributed by atoms with Gasteiger partial charge in [0.1, 0.15) is 17.8 Å². The van der Waals surface area contributed by atoms with Gasteiger partial charge in [0.05, 0.1) is 10.7 Å². The van der Waals surface area contributed by atoms with Gasteiger partial charge in [0.25, 0.3) is 5.91 Å². The van der Waals surface area contributed by atoms with Crippen molar-refractivity contribution < 1.29 is 9.59 Å². The van der Waals surface area contributed by atoms with E-state index in [-0.39, 0.29) is 17.4 Å². The van der Waals surface area contributed by atoms with Crippen LogP contribution < -0.4 is 10.6 Å². The molecule has 1 heterocycles. The summed E-state index contributed by atoms with van der Waals surface area (Å²) in [4.78, 5) is 32.0. The Hall–Kier alpha value is -3.25. The second-order valence-electron chi connectivity index (χ2n) is 6.44. The number of anilines is 3. The molecule has 0 radical (unpaired) electrons. The molecule has 6 nitrogen and oxygen atoms in total. The number of hydrogen-bond donors (Lipinski definition) is 2. The number of hydrogen-bond acceptors (Lipinski definition) is 5. The number of benzene rings is 2. The number of carbonyl (C=O) groups excluding carboxylic acids is 2. The molecule has 142 valence electrons. The summed E-state index contributed by atoms with van der Waals surface area (Å²) in [6.45, 7) is 5.41. The van der Waals surface area contributed by atoms with Crippen LogP contribution in [0.15, 0.2) is 48.8 Å². The van der Waals surface area contributed by atoms with Gasteiger partial charge in [-0.1, -0.05) is 17.7 Å². The Labute approximate surface area is 168 Å². The first-order chi connectivity index (χ1) is 13.3. The molecule has 0 aliphatic rings. The molecule has 2 aromatic carbocycles. The highest BCUT2D eigenvalue weighted by Gasteiger charge is 2.12. The predicted octanol–water partition coefficient (Wildman–Crippen LogP) is 4.95. The molecule has 3 rings (SSSR count). The van der Waals surface area contributed by atoms with Crippen molar-refractivity contribution in [2.45, 2.75) is 20.8 Å². The fourth-order valence-electron chi connectivity index (χ4n) is 2.74. The van der Waals surface area contributed by atoms with Crippen LogP contribution in [-0.2, 0) is 0 Å². The van der Waals surface area contributed by atoms with Crippen molar-refractivity contribution in [3.63, 3.8) is 0 Å². The number of carbonyl (C=O) groups is 2. The monoisotopic (exact) mass is 394 g/mol. The Balaban J connectivity index is 1.77. The topological polar surface area (TPSA) is 84.0 Å². The Kier molecular flexibility index (Phi) is 5.70. The van der Waals surface area contributed by atoms with Crippen molar-refractivity contribution in [2.24, 2.45) is 0 Å². The molecule has 0 spiro atoms. The molecule has 3 aromatic rings. The number of nitrogens with one attached hydrogen (secondary N) is 2. The average Bonchev–Trinajstić information content (AvgIpc) is 2.65. The zero-order valence-corrected chi connectivity index (χ0v) is 16.5. The number of rotatable bonds is 5. The van der Waals surface area contributed by atoms with Crippen LogP contribution in [0.3, 0.4) is 0 Å². The summed E-state index contributed by atoms with van der Waals surface area (Å²) >= 11 is 6.32. The minimum absolute atomic E-state index is 0.0329. The highest BCUT2D eigenvalue weighted by Crippen LogP contribution is 2.29. The minimum Gasteiger partial charge on any atom is -0.339 e. The van der Waals surface area contributed by atoms with Crippen LogP contribution in [0.4, 0.5) is 17.2 Å². The summed E-state index contributed by atoms with van der Waals surface area (Å²) in [5.41, 5.74) is 4.12. The van der Waals surface area contributed by atoms with Crippen LogP contribution >= 0.6 is 11.6 Å². The highest BCUT2D eigenvalue weighted by molar-refractivity contribution is 6.33. The molecule has 0 atom stereocenters. The SMILES string of the molecule is CC(=O)c1ccc(NC(=O)c2cc(Nc3c(C)cc(C)cc3Cl)ncn2)cc1. The average molecular weight is 395 g/mol. The van der Waals surface area contributed by atoms with Gasteiger partial charge in [-0.3, -0.25) is 9.59 Å². The van der Waals surface area contributed by atoms with Gasteiger partial charge in [-0.05, 0) is 62.2 Å². The van der Waals surface area contributed by atoms with E-state index in [1.807, 2.05) is 26.0 Å². The molecule has 0 saturated carbocycles. The van der Waals surface area contributed by atoms with E-state index in [1.54, 1.807) is 30.3 Å². The maximum absolute atomic E-state index is 12.5. The first kappa shape index (κ1) is 19.5. The van der Waals surface area contributed by atoms with Gasteiger partial charge in [-0.2, -0.15) is 0 Å². The molecular weight excluding hydrogens is 376 g/mol. The van der Waals surface area contributed by atoms with Gasteiger partial charge >= 0.3 is 0 Å².